The van der Waals surface area contributed by atoms with Crippen LogP contribution in [0.5, 0.6) is 5.75 Å². The highest BCUT2D eigenvalue weighted by molar-refractivity contribution is 8.00. The number of carboxylic acids is 1. The molecule has 0 radical (unpaired) electrons. The van der Waals surface area contributed by atoms with E-state index in [-0.39, 0.29) is 40.6 Å². The lowest BCUT2D eigenvalue weighted by molar-refractivity contribution is -0.148. The largest absolute Gasteiger partial charge is 0.484 e. The van der Waals surface area contributed by atoms with Gasteiger partial charge in [0.05, 0.1) is 27.3 Å². The van der Waals surface area contributed by atoms with Crippen molar-refractivity contribution in [3.63, 3.8) is 0 Å². The molecule has 1 aliphatic heterocycles. The number of aliphatic carboxylic acids is 1. The zero-order valence-electron chi connectivity index (χ0n) is 23.0. The first-order valence-electron chi connectivity index (χ1n) is 14.6. The average molecular weight is 599 g/mol. The van der Waals surface area contributed by atoms with E-state index >= 15 is 0 Å². The van der Waals surface area contributed by atoms with E-state index in [1.165, 1.54) is 6.07 Å². The lowest BCUT2D eigenvalue weighted by atomic mass is 9.61. The van der Waals surface area contributed by atoms with Gasteiger partial charge in [0.2, 0.25) is 0 Å². The Morgan fingerprint density at radius 3 is 2.67 bits per heavy atom. The molecule has 0 amide bonds. The number of nitrogens with zero attached hydrogens (tertiary/aromatic N) is 2. The number of anilines is 1. The van der Waals surface area contributed by atoms with Gasteiger partial charge in [-0.1, -0.05) is 24.3 Å². The maximum Gasteiger partial charge on any atom is 0.308 e. The summed E-state index contributed by atoms with van der Waals surface area (Å²) >= 11 is 1.75. The second-order valence-corrected chi connectivity index (χ2v) is 13.0. The Kier molecular flexibility index (Phi) is 6.29. The van der Waals surface area contributed by atoms with Crippen LogP contribution in [0.2, 0.25) is 0 Å². The van der Waals surface area contributed by atoms with Crippen molar-refractivity contribution < 1.29 is 23.4 Å². The first-order valence-corrected chi connectivity index (χ1v) is 15.5. The SMILES string of the molecule is O=C(O)C1C2CCC(CC2)C1Nc1cc(-c2ccc3c(c2)OC2C=CC=CC2S3)nc(-c2c[nH]c3c(F)cc(F)cc23)n1. The third kappa shape index (κ3) is 4.59. The molecule has 2 aromatic heterocycles. The van der Waals surface area contributed by atoms with Crippen molar-refractivity contribution in [3.8, 4) is 28.4 Å². The van der Waals surface area contributed by atoms with Crippen LogP contribution in [-0.2, 0) is 4.79 Å². The number of carbonyl (C=O) groups is 1. The van der Waals surface area contributed by atoms with Crippen LogP contribution < -0.4 is 10.1 Å². The molecule has 3 fully saturated rings. The molecule has 0 saturated heterocycles. The first kappa shape index (κ1) is 26.4. The van der Waals surface area contributed by atoms with Crippen LogP contribution >= 0.6 is 11.8 Å². The molecule has 5 aliphatic rings. The number of hydrogen-bond donors (Lipinski definition) is 3. The second kappa shape index (κ2) is 10.2. The van der Waals surface area contributed by atoms with Gasteiger partial charge < -0.3 is 20.1 Å². The van der Waals surface area contributed by atoms with Gasteiger partial charge in [0.25, 0.3) is 0 Å². The number of fused-ring (bicyclic) bond motifs is 6. The van der Waals surface area contributed by atoms with E-state index in [1.54, 1.807) is 18.0 Å². The molecule has 3 heterocycles. The van der Waals surface area contributed by atoms with Gasteiger partial charge in [0.15, 0.2) is 5.82 Å². The Balaban J connectivity index is 1.23. The molecule has 2 aromatic carbocycles. The average Bonchev–Trinajstić information content (AvgIpc) is 3.44. The predicted octanol–water partition coefficient (Wildman–Crippen LogP) is 7.22. The van der Waals surface area contributed by atoms with Gasteiger partial charge in [-0.25, -0.2) is 18.7 Å². The third-order valence-electron chi connectivity index (χ3n) is 9.29. The molecule has 43 heavy (non-hydrogen) atoms. The Hall–Kier alpha value is -4.18. The van der Waals surface area contributed by atoms with Crippen molar-refractivity contribution in [3.05, 3.63) is 78.5 Å². The molecule has 3 N–H and O–H groups in total. The molecule has 0 spiro atoms. The summed E-state index contributed by atoms with van der Waals surface area (Å²) in [5, 5.41) is 14.2. The van der Waals surface area contributed by atoms with Crippen LogP contribution in [0, 0.1) is 29.4 Å². The summed E-state index contributed by atoms with van der Waals surface area (Å²) in [6, 6.07) is 9.60. The van der Waals surface area contributed by atoms with Gasteiger partial charge in [-0.3, -0.25) is 4.79 Å². The number of H-pyrrole nitrogens is 1. The molecule has 4 unspecified atom stereocenters. The number of nitrogens with one attached hydrogen (secondary N) is 2. The van der Waals surface area contributed by atoms with Crippen LogP contribution in [0.1, 0.15) is 25.7 Å². The van der Waals surface area contributed by atoms with E-state index < -0.39 is 23.5 Å². The van der Waals surface area contributed by atoms with E-state index in [1.807, 2.05) is 42.5 Å². The summed E-state index contributed by atoms with van der Waals surface area (Å²) < 4.78 is 35.2. The fourth-order valence-electron chi connectivity index (χ4n) is 7.24. The number of thioether (sulfide) groups is 1. The van der Waals surface area contributed by atoms with Crippen LogP contribution in [-0.4, -0.2) is 43.4 Å². The molecule has 4 atom stereocenters. The number of benzene rings is 2. The summed E-state index contributed by atoms with van der Waals surface area (Å²) in [6.45, 7) is 0. The van der Waals surface area contributed by atoms with Gasteiger partial charge in [0, 0.05) is 40.9 Å². The van der Waals surface area contributed by atoms with Crippen molar-refractivity contribution in [2.45, 2.75) is 48.0 Å². The van der Waals surface area contributed by atoms with Gasteiger partial charge >= 0.3 is 5.97 Å². The maximum absolute atomic E-state index is 14.6. The number of aromatic amines is 1. The zero-order chi connectivity index (χ0) is 29.2. The number of aromatic nitrogens is 3. The van der Waals surface area contributed by atoms with Crippen molar-refractivity contribution in [1.29, 1.82) is 0 Å². The standard InChI is InChI=1S/C33H28F2N4O3S/c34-19-12-20-21(15-36-31(20)22(35)13-19)32-37-23(18-9-10-27-25(11-18)42-24-3-1-2-4-26(24)43-27)14-28(39-32)38-30-17-7-5-16(6-8-17)29(30)33(40)41/h1-4,9-17,24,26,29-30,36H,5-8H2,(H,40,41)(H,37,38,39). The lowest BCUT2D eigenvalue weighted by Gasteiger charge is -2.47. The normalized spacial score (nSPS) is 27.0. The third-order valence-corrected chi connectivity index (χ3v) is 10.6. The highest BCUT2D eigenvalue weighted by Crippen LogP contribution is 2.47. The molecule has 9 rings (SSSR count). The molecule has 4 aromatic rings. The van der Waals surface area contributed by atoms with Gasteiger partial charge in [-0.05, 0) is 61.8 Å². The minimum Gasteiger partial charge on any atom is -0.484 e. The molecule has 10 heteroatoms. The molecular weight excluding hydrogens is 570 g/mol. The fourth-order valence-corrected chi connectivity index (χ4v) is 8.35. The number of ether oxygens (including phenoxy) is 1. The summed E-state index contributed by atoms with van der Waals surface area (Å²) in [4.78, 5) is 25.9. The Labute approximate surface area is 250 Å². The highest BCUT2D eigenvalue weighted by atomic mass is 32.2. The van der Waals surface area contributed by atoms with Gasteiger partial charge in [-0.15, -0.1) is 11.8 Å². The second-order valence-electron chi connectivity index (χ2n) is 11.8. The first-order chi connectivity index (χ1) is 20.9. The minimum absolute atomic E-state index is 0.0679. The molecular formula is C33H28F2N4O3S. The van der Waals surface area contributed by atoms with E-state index in [4.69, 9.17) is 14.7 Å². The fraction of sp³-hybridized carbons (Fsp3) is 0.303. The zero-order valence-corrected chi connectivity index (χ0v) is 23.8. The van der Waals surface area contributed by atoms with Gasteiger partial charge in [0.1, 0.15) is 29.3 Å². The van der Waals surface area contributed by atoms with Gasteiger partial charge in [-0.2, -0.15) is 0 Å². The lowest BCUT2D eigenvalue weighted by Crippen LogP contribution is -2.51. The van der Waals surface area contributed by atoms with Crippen LogP contribution in [0.25, 0.3) is 33.5 Å². The number of carboxylic acid groups (broad SMARTS) is 1. The van der Waals surface area contributed by atoms with Crippen molar-refractivity contribution in [2.75, 3.05) is 5.32 Å². The minimum atomic E-state index is -0.793. The summed E-state index contributed by atoms with van der Waals surface area (Å²) in [5.41, 5.74) is 1.99. The molecule has 4 aliphatic carbocycles. The predicted molar refractivity (Wildman–Crippen MR) is 161 cm³/mol. The van der Waals surface area contributed by atoms with Crippen LogP contribution in [0.15, 0.2) is 71.8 Å². The number of rotatable bonds is 5. The van der Waals surface area contributed by atoms with Crippen LogP contribution in [0.3, 0.4) is 0 Å². The summed E-state index contributed by atoms with van der Waals surface area (Å²) in [7, 11) is 0. The number of allylic oxidation sites excluding steroid dienone is 2. The topological polar surface area (TPSA) is 100 Å². The van der Waals surface area contributed by atoms with Crippen LogP contribution in [0.4, 0.5) is 14.6 Å². The van der Waals surface area contributed by atoms with E-state index in [2.05, 4.69) is 16.4 Å². The quantitative estimate of drug-likeness (QED) is 0.223. The Morgan fingerprint density at radius 2 is 1.84 bits per heavy atom. The Bertz CT molecular complexity index is 1830. The van der Waals surface area contributed by atoms with Crippen molar-refractivity contribution in [2.24, 2.45) is 17.8 Å². The van der Waals surface area contributed by atoms with Crippen molar-refractivity contribution in [1.82, 2.24) is 15.0 Å². The van der Waals surface area contributed by atoms with E-state index in [9.17, 15) is 18.7 Å². The smallest absolute Gasteiger partial charge is 0.308 e. The molecule has 7 nitrogen and oxygen atoms in total. The highest BCUT2D eigenvalue weighted by Gasteiger charge is 2.47. The molecule has 2 bridgehead atoms. The van der Waals surface area contributed by atoms with E-state index in [0.717, 1.165) is 48.0 Å². The van der Waals surface area contributed by atoms with E-state index in [0.29, 0.717) is 22.5 Å². The maximum atomic E-state index is 14.6. The summed E-state index contributed by atoms with van der Waals surface area (Å²) in [6.07, 6.45) is 13.5. The number of hydrogen-bond acceptors (Lipinski definition) is 6. The summed E-state index contributed by atoms with van der Waals surface area (Å²) in [5.74, 6) is -0.841. The van der Waals surface area contributed by atoms with Crippen molar-refractivity contribution >= 4 is 34.5 Å². The Morgan fingerprint density at radius 1 is 1.02 bits per heavy atom. The number of halogens is 2. The monoisotopic (exact) mass is 598 g/mol. The molecule has 218 valence electrons. The molecule has 3 saturated carbocycles.